The number of nitrogens with zero attached hydrogens (tertiary/aromatic N) is 2. The van der Waals surface area contributed by atoms with E-state index in [1.165, 1.54) is 0 Å². The minimum Gasteiger partial charge on any atom is -0.383 e. The van der Waals surface area contributed by atoms with Gasteiger partial charge in [-0.2, -0.15) is 0 Å². The summed E-state index contributed by atoms with van der Waals surface area (Å²) in [4.78, 5) is 9.33. The van der Waals surface area contributed by atoms with Crippen molar-refractivity contribution in [2.45, 2.75) is 11.8 Å². The van der Waals surface area contributed by atoms with Crippen molar-refractivity contribution in [3.8, 4) is 0 Å². The van der Waals surface area contributed by atoms with Gasteiger partial charge < -0.3 is 5.73 Å². The fraction of sp³-hybridized carbons (Fsp3) is 0.0345. The van der Waals surface area contributed by atoms with Gasteiger partial charge in [-0.25, -0.2) is 18.4 Å². The van der Waals surface area contributed by atoms with Gasteiger partial charge in [-0.3, -0.25) is 0 Å². The van der Waals surface area contributed by atoms with Crippen molar-refractivity contribution in [2.75, 3.05) is 0 Å². The summed E-state index contributed by atoms with van der Waals surface area (Å²) in [6, 6.07) is 34.3. The summed E-state index contributed by atoms with van der Waals surface area (Å²) in [5.41, 5.74) is 9.44. The van der Waals surface area contributed by atoms with Crippen LogP contribution in [-0.4, -0.2) is 20.1 Å². The second-order valence-corrected chi connectivity index (χ2v) is 9.77. The number of hydrogen-bond acceptors (Lipinski definition) is 3. The molecule has 0 aliphatic heterocycles. The zero-order valence-electron chi connectivity index (χ0n) is 19.2. The van der Waals surface area contributed by atoms with Crippen LogP contribution in [0.15, 0.2) is 135 Å². The summed E-state index contributed by atoms with van der Waals surface area (Å²) in [6.45, 7) is 1.97. The molecule has 0 fully saturated rings. The molecular weight excluding hydrogens is 454 g/mol. The van der Waals surface area contributed by atoms with Crippen molar-refractivity contribution in [3.05, 3.63) is 143 Å². The molecule has 174 valence electrons. The lowest BCUT2D eigenvalue weighted by atomic mass is 10.1. The molecule has 4 aromatic rings. The van der Waals surface area contributed by atoms with E-state index >= 15 is 0 Å². The second-order valence-electron chi connectivity index (χ2n) is 7.87. The van der Waals surface area contributed by atoms with Crippen LogP contribution in [0.5, 0.6) is 0 Å². The molecule has 0 heterocycles. The van der Waals surface area contributed by atoms with Gasteiger partial charge in [-0.05, 0) is 30.7 Å². The van der Waals surface area contributed by atoms with Crippen LogP contribution in [0.2, 0.25) is 0 Å². The summed E-state index contributed by atoms with van der Waals surface area (Å²) < 4.78 is 27.3. The van der Waals surface area contributed by atoms with Crippen LogP contribution in [-0.2, 0) is 9.84 Å². The first-order chi connectivity index (χ1) is 16.9. The quantitative estimate of drug-likeness (QED) is 0.288. The number of amidine groups is 2. The average molecular weight is 480 g/mol. The molecular formula is C29H25N3O2S. The lowest BCUT2D eigenvalue weighted by Crippen LogP contribution is -2.17. The zero-order valence-corrected chi connectivity index (χ0v) is 20.1. The fourth-order valence-electron chi connectivity index (χ4n) is 3.33. The second kappa shape index (κ2) is 10.8. The maximum atomic E-state index is 13.7. The van der Waals surface area contributed by atoms with Gasteiger partial charge in [0, 0.05) is 11.1 Å². The molecule has 0 atom stereocenters. The molecule has 0 saturated carbocycles. The van der Waals surface area contributed by atoms with Crippen LogP contribution >= 0.6 is 0 Å². The van der Waals surface area contributed by atoms with Gasteiger partial charge in [0.1, 0.15) is 5.84 Å². The number of benzene rings is 4. The zero-order chi connectivity index (χ0) is 24.7. The number of hydrogen-bond donors (Lipinski definition) is 1. The van der Waals surface area contributed by atoms with E-state index in [2.05, 4.69) is 9.98 Å². The Hall–Kier alpha value is -4.29. The Morgan fingerprint density at radius 1 is 0.686 bits per heavy atom. The molecule has 0 aliphatic carbocycles. The van der Waals surface area contributed by atoms with Gasteiger partial charge in [0.15, 0.2) is 10.9 Å². The molecule has 5 nitrogen and oxygen atoms in total. The lowest BCUT2D eigenvalue weighted by molar-refractivity contribution is 0.602. The number of nitrogens with two attached hydrogens (primary N) is 1. The molecule has 0 aromatic heterocycles. The molecule has 6 heteroatoms. The van der Waals surface area contributed by atoms with Crippen LogP contribution in [0.25, 0.3) is 6.08 Å². The van der Waals surface area contributed by atoms with Gasteiger partial charge in [-0.15, -0.1) is 0 Å². The maximum Gasteiger partial charge on any atom is 0.223 e. The minimum absolute atomic E-state index is 0.130. The highest BCUT2D eigenvalue weighted by Gasteiger charge is 2.22. The monoisotopic (exact) mass is 479 g/mol. The largest absolute Gasteiger partial charge is 0.383 e. The fourth-order valence-corrected chi connectivity index (χ4v) is 4.59. The highest BCUT2D eigenvalue weighted by molar-refractivity contribution is 7.95. The molecule has 0 unspecified atom stereocenters. The van der Waals surface area contributed by atoms with E-state index < -0.39 is 9.84 Å². The van der Waals surface area contributed by atoms with E-state index in [4.69, 9.17) is 5.73 Å². The number of aryl methyl sites for hydroxylation is 1. The Kier molecular flexibility index (Phi) is 7.33. The van der Waals surface area contributed by atoms with Crippen LogP contribution in [0.4, 0.5) is 0 Å². The van der Waals surface area contributed by atoms with E-state index in [9.17, 15) is 8.42 Å². The van der Waals surface area contributed by atoms with Crippen molar-refractivity contribution < 1.29 is 8.42 Å². The first-order valence-electron chi connectivity index (χ1n) is 11.1. The van der Waals surface area contributed by atoms with E-state index in [1.54, 1.807) is 36.4 Å². The van der Waals surface area contributed by atoms with Crippen molar-refractivity contribution >= 4 is 27.6 Å². The molecule has 0 bridgehead atoms. The third kappa shape index (κ3) is 5.99. The van der Waals surface area contributed by atoms with Crippen molar-refractivity contribution in [1.82, 2.24) is 0 Å². The topological polar surface area (TPSA) is 84.9 Å². The number of sulfone groups is 1. The van der Waals surface area contributed by atoms with Crippen molar-refractivity contribution in [2.24, 2.45) is 15.7 Å². The summed E-state index contributed by atoms with van der Waals surface area (Å²) in [6.07, 6.45) is 1.55. The van der Waals surface area contributed by atoms with Crippen LogP contribution < -0.4 is 5.73 Å². The molecule has 0 radical (unpaired) electrons. The van der Waals surface area contributed by atoms with E-state index in [0.29, 0.717) is 16.7 Å². The SMILES string of the molecule is Cc1ccc(C(N=C(N)c2ccccc2)=N/C(=C\c2ccccc2)S(=O)(=O)c2ccccc2)cc1. The summed E-state index contributed by atoms with van der Waals surface area (Å²) >= 11 is 0. The normalized spacial score (nSPS) is 13.0. The first kappa shape index (κ1) is 23.9. The highest BCUT2D eigenvalue weighted by atomic mass is 32.2. The van der Waals surface area contributed by atoms with E-state index in [1.807, 2.05) is 91.9 Å². The number of aliphatic imine (C=N–C) groups is 2. The molecule has 0 spiro atoms. The summed E-state index contributed by atoms with van der Waals surface area (Å²) in [5, 5.41) is -0.130. The smallest absolute Gasteiger partial charge is 0.223 e. The van der Waals surface area contributed by atoms with Gasteiger partial charge in [0.2, 0.25) is 9.84 Å². The van der Waals surface area contributed by atoms with Crippen molar-refractivity contribution in [1.29, 1.82) is 0 Å². The molecule has 0 amide bonds. The third-order valence-electron chi connectivity index (χ3n) is 5.24. The van der Waals surface area contributed by atoms with E-state index in [0.717, 1.165) is 5.56 Å². The van der Waals surface area contributed by atoms with E-state index in [-0.39, 0.29) is 21.6 Å². The molecule has 4 rings (SSSR count). The number of rotatable bonds is 6. The van der Waals surface area contributed by atoms with Gasteiger partial charge in [-0.1, -0.05) is 109 Å². The molecule has 2 N–H and O–H groups in total. The highest BCUT2D eigenvalue weighted by Crippen LogP contribution is 2.24. The Bertz CT molecular complexity index is 1480. The predicted molar refractivity (Wildman–Crippen MR) is 143 cm³/mol. The predicted octanol–water partition coefficient (Wildman–Crippen LogP) is 5.62. The molecule has 4 aromatic carbocycles. The average Bonchev–Trinajstić information content (AvgIpc) is 2.90. The van der Waals surface area contributed by atoms with Crippen LogP contribution in [0, 0.1) is 6.92 Å². The third-order valence-corrected chi connectivity index (χ3v) is 6.89. The standard InChI is InChI=1S/C29H25N3O2S/c1-22-17-19-25(20-18-22)29(32-28(30)24-13-7-3-8-14-24)31-27(21-23-11-5-2-6-12-23)35(33,34)26-15-9-4-10-16-26/h2-21H,1H3,(H2,30,31,32)/b27-21+. The first-order valence-corrected chi connectivity index (χ1v) is 12.5. The Morgan fingerprint density at radius 2 is 1.23 bits per heavy atom. The molecule has 0 aliphatic rings. The molecule has 0 saturated heterocycles. The van der Waals surface area contributed by atoms with Crippen LogP contribution in [0.1, 0.15) is 22.3 Å². The van der Waals surface area contributed by atoms with Crippen molar-refractivity contribution in [3.63, 3.8) is 0 Å². The van der Waals surface area contributed by atoms with Gasteiger partial charge in [0.25, 0.3) is 0 Å². The molecule has 35 heavy (non-hydrogen) atoms. The van der Waals surface area contributed by atoms with Gasteiger partial charge in [0.05, 0.1) is 4.90 Å². The maximum absolute atomic E-state index is 13.7. The Labute approximate surface area is 205 Å². The summed E-state index contributed by atoms with van der Waals surface area (Å²) in [5.74, 6) is 0.439. The lowest BCUT2D eigenvalue weighted by Gasteiger charge is -2.09. The minimum atomic E-state index is -3.95. The Balaban J connectivity index is 1.93. The van der Waals surface area contributed by atoms with Crippen LogP contribution in [0.3, 0.4) is 0 Å². The summed E-state index contributed by atoms with van der Waals surface area (Å²) in [7, 11) is -3.95. The Morgan fingerprint density at radius 3 is 1.83 bits per heavy atom. The van der Waals surface area contributed by atoms with Gasteiger partial charge >= 0.3 is 0 Å².